The Morgan fingerprint density at radius 3 is 2.31 bits per heavy atom. The number of carboxylic acid groups (broad SMARTS) is 2. The van der Waals surface area contributed by atoms with Gasteiger partial charge in [-0.25, -0.2) is 9.59 Å². The number of hydrogen-bond acceptors (Lipinski definition) is 5. The average Bonchev–Trinajstić information content (AvgIpc) is 3.11. The second kappa shape index (κ2) is 11.0. The molecule has 4 rings (SSSR count). The number of Topliss-reactive ketones (excluding diaryl/α,β-unsaturated/α-hetero) is 1. The lowest BCUT2D eigenvalue weighted by atomic mass is 9.43. The van der Waals surface area contributed by atoms with Crippen molar-refractivity contribution in [1.82, 2.24) is 0 Å². The molecule has 4 aliphatic rings. The van der Waals surface area contributed by atoms with Crippen molar-refractivity contribution in [1.29, 1.82) is 0 Å². The maximum Gasteiger partial charge on any atom is 0.328 e. The molecule has 0 amide bonds. The SMILES string of the molecule is C[C@]12CC[C@H]3[C@@H](CC[C@@]4(O)C[C@H](/C=C\CCCN)CC[C@]34C)[C@@H]1CCC2=O.O=C(O)/C=C/C(=O)O. The van der Waals surface area contributed by atoms with Crippen LogP contribution in [0, 0.1) is 34.5 Å². The van der Waals surface area contributed by atoms with Gasteiger partial charge in [0, 0.05) is 24.0 Å². The highest BCUT2D eigenvalue weighted by atomic mass is 16.4. The molecule has 0 aliphatic heterocycles. The molecule has 4 saturated carbocycles. The van der Waals surface area contributed by atoms with E-state index in [0.717, 1.165) is 70.8 Å². The fourth-order valence-corrected chi connectivity index (χ4v) is 7.89. The van der Waals surface area contributed by atoms with E-state index in [-0.39, 0.29) is 10.8 Å². The molecule has 0 saturated heterocycles. The van der Waals surface area contributed by atoms with Crippen molar-refractivity contribution in [3.63, 3.8) is 0 Å². The molecule has 0 aromatic carbocycles. The second-order valence-electron chi connectivity index (χ2n) is 11.7. The molecule has 35 heavy (non-hydrogen) atoms. The van der Waals surface area contributed by atoms with Gasteiger partial charge in [-0.05, 0) is 99.8 Å². The number of carbonyl (C=O) groups is 3. The molecule has 0 unspecified atom stereocenters. The normalized spacial score (nSPS) is 40.5. The van der Waals surface area contributed by atoms with Crippen LogP contribution >= 0.6 is 0 Å². The third kappa shape index (κ3) is 5.56. The number of nitrogens with two attached hydrogens (primary N) is 1. The van der Waals surface area contributed by atoms with Crippen molar-refractivity contribution in [3.8, 4) is 0 Å². The Hall–Kier alpha value is -1.99. The predicted octanol–water partition coefficient (Wildman–Crippen LogP) is 4.34. The van der Waals surface area contributed by atoms with E-state index in [1.807, 2.05) is 0 Å². The number of aliphatic hydroxyl groups is 1. The van der Waals surface area contributed by atoms with E-state index in [1.165, 1.54) is 6.42 Å². The molecular weight excluding hydrogens is 446 g/mol. The molecule has 7 nitrogen and oxygen atoms in total. The molecule has 5 N–H and O–H groups in total. The summed E-state index contributed by atoms with van der Waals surface area (Å²) in [7, 11) is 0. The second-order valence-corrected chi connectivity index (χ2v) is 11.7. The maximum atomic E-state index is 12.6. The summed E-state index contributed by atoms with van der Waals surface area (Å²) in [6.45, 7) is 5.38. The first kappa shape index (κ1) is 27.6. The topological polar surface area (TPSA) is 138 Å². The maximum absolute atomic E-state index is 12.6. The first-order valence-corrected chi connectivity index (χ1v) is 13.2. The number of allylic oxidation sites excluding steroid dienone is 2. The molecular formula is C28H43NO6. The van der Waals surface area contributed by atoms with Crippen LogP contribution in [0.1, 0.15) is 84.5 Å². The molecule has 0 radical (unpaired) electrons. The Balaban J connectivity index is 0.000000371. The van der Waals surface area contributed by atoms with E-state index in [4.69, 9.17) is 15.9 Å². The Bertz CT molecular complexity index is 852. The minimum atomic E-state index is -1.26. The van der Waals surface area contributed by atoms with Crippen molar-refractivity contribution in [3.05, 3.63) is 24.3 Å². The highest BCUT2D eigenvalue weighted by molar-refractivity contribution is 5.89. The highest BCUT2D eigenvalue weighted by Gasteiger charge is 2.64. The van der Waals surface area contributed by atoms with Gasteiger partial charge in [0.25, 0.3) is 0 Å². The van der Waals surface area contributed by atoms with E-state index in [2.05, 4.69) is 26.0 Å². The molecule has 0 aromatic heterocycles. The third-order valence-corrected chi connectivity index (χ3v) is 9.90. The van der Waals surface area contributed by atoms with Gasteiger partial charge >= 0.3 is 11.9 Å². The standard InChI is InChI=1S/C24H39NO2.C4H4O4/c1-22-12-11-20-18(19(22)7-8-21(22)26)10-14-24(27)16-17(6-4-3-5-15-25)9-13-23(20,24)2;5-3(6)1-2-4(7)8/h4,6,17-20,27H,3,5,7-16,25H2,1-2H3;1-2H,(H,5,6)(H,7,8)/b6-4-;2-1+/t17-,18+,19+,20+,22+,23-,24-;/m1./s1. The smallest absolute Gasteiger partial charge is 0.328 e. The van der Waals surface area contributed by atoms with Crippen molar-refractivity contribution in [2.24, 2.45) is 40.2 Å². The van der Waals surface area contributed by atoms with Crippen LogP contribution in [0.15, 0.2) is 24.3 Å². The third-order valence-electron chi connectivity index (χ3n) is 9.90. The van der Waals surface area contributed by atoms with E-state index in [0.29, 0.717) is 41.6 Å². The number of hydrogen-bond donors (Lipinski definition) is 4. The van der Waals surface area contributed by atoms with Gasteiger partial charge in [-0.1, -0.05) is 26.0 Å². The van der Waals surface area contributed by atoms with Gasteiger partial charge in [-0.2, -0.15) is 0 Å². The van der Waals surface area contributed by atoms with Gasteiger partial charge in [-0.3, -0.25) is 4.79 Å². The number of carboxylic acids is 2. The van der Waals surface area contributed by atoms with Crippen LogP contribution in [-0.4, -0.2) is 45.2 Å². The quantitative estimate of drug-likeness (QED) is 0.247. The van der Waals surface area contributed by atoms with Crippen LogP contribution in [0.4, 0.5) is 0 Å². The van der Waals surface area contributed by atoms with Crippen LogP contribution in [0.5, 0.6) is 0 Å². The Morgan fingerprint density at radius 1 is 1.00 bits per heavy atom. The van der Waals surface area contributed by atoms with Gasteiger partial charge in [0.15, 0.2) is 0 Å². The lowest BCUT2D eigenvalue weighted by molar-refractivity contribution is -0.207. The summed E-state index contributed by atoms with van der Waals surface area (Å²) < 4.78 is 0. The molecule has 0 bridgehead atoms. The summed E-state index contributed by atoms with van der Waals surface area (Å²) in [5, 5.41) is 27.4. The molecule has 0 spiro atoms. The molecule has 4 aliphatic carbocycles. The van der Waals surface area contributed by atoms with Crippen LogP contribution in [0.3, 0.4) is 0 Å². The van der Waals surface area contributed by atoms with Gasteiger partial charge < -0.3 is 21.1 Å². The van der Waals surface area contributed by atoms with Crippen molar-refractivity contribution in [2.75, 3.05) is 6.54 Å². The van der Waals surface area contributed by atoms with E-state index in [1.54, 1.807) is 0 Å². The monoisotopic (exact) mass is 489 g/mol. The number of ketones is 1. The lowest BCUT2D eigenvalue weighted by Crippen LogP contribution is -2.62. The van der Waals surface area contributed by atoms with Gasteiger partial charge in [0.05, 0.1) is 5.60 Å². The summed E-state index contributed by atoms with van der Waals surface area (Å²) in [6, 6.07) is 0. The van der Waals surface area contributed by atoms with Crippen LogP contribution in [0.2, 0.25) is 0 Å². The minimum absolute atomic E-state index is 0.0322. The number of aliphatic carboxylic acids is 2. The first-order chi connectivity index (χ1) is 16.5. The van der Waals surface area contributed by atoms with E-state index in [9.17, 15) is 19.5 Å². The Kier molecular flexibility index (Phi) is 8.64. The Morgan fingerprint density at radius 2 is 1.69 bits per heavy atom. The van der Waals surface area contributed by atoms with Gasteiger partial charge in [0.1, 0.15) is 5.78 Å². The zero-order chi connectivity index (χ0) is 25.9. The molecule has 0 heterocycles. The highest BCUT2D eigenvalue weighted by Crippen LogP contribution is 2.67. The molecule has 196 valence electrons. The number of carbonyl (C=O) groups excluding carboxylic acids is 1. The Labute approximate surface area is 208 Å². The molecule has 7 atom stereocenters. The summed E-state index contributed by atoms with van der Waals surface area (Å²) in [5.41, 5.74) is 5.05. The van der Waals surface area contributed by atoms with E-state index >= 15 is 0 Å². The summed E-state index contributed by atoms with van der Waals surface area (Å²) in [5.74, 6) is 0.334. The van der Waals surface area contributed by atoms with Crippen LogP contribution < -0.4 is 5.73 Å². The van der Waals surface area contributed by atoms with Crippen molar-refractivity contribution >= 4 is 17.7 Å². The average molecular weight is 490 g/mol. The largest absolute Gasteiger partial charge is 0.478 e. The fraction of sp³-hybridized carbons (Fsp3) is 0.750. The van der Waals surface area contributed by atoms with Gasteiger partial charge in [0.2, 0.25) is 0 Å². The zero-order valence-corrected chi connectivity index (χ0v) is 21.2. The van der Waals surface area contributed by atoms with E-state index < -0.39 is 17.5 Å². The predicted molar refractivity (Wildman–Crippen MR) is 134 cm³/mol. The number of unbranched alkanes of at least 4 members (excludes halogenated alkanes) is 1. The molecule has 4 fully saturated rings. The minimum Gasteiger partial charge on any atom is -0.478 e. The summed E-state index contributed by atoms with van der Waals surface area (Å²) in [4.78, 5) is 31.7. The first-order valence-electron chi connectivity index (χ1n) is 13.2. The summed E-state index contributed by atoms with van der Waals surface area (Å²) >= 11 is 0. The van der Waals surface area contributed by atoms with Crippen LogP contribution in [-0.2, 0) is 14.4 Å². The van der Waals surface area contributed by atoms with Crippen molar-refractivity contribution < 1.29 is 29.7 Å². The number of fused-ring (bicyclic) bond motifs is 5. The summed E-state index contributed by atoms with van der Waals surface area (Å²) in [6.07, 6.45) is 17.2. The van der Waals surface area contributed by atoms with Crippen molar-refractivity contribution in [2.45, 2.75) is 90.1 Å². The number of rotatable bonds is 6. The van der Waals surface area contributed by atoms with Gasteiger partial charge in [-0.15, -0.1) is 0 Å². The zero-order valence-electron chi connectivity index (χ0n) is 21.2. The molecule has 7 heteroatoms. The molecule has 0 aromatic rings. The van der Waals surface area contributed by atoms with Crippen LogP contribution in [0.25, 0.3) is 0 Å². The fourth-order valence-electron chi connectivity index (χ4n) is 7.89. The lowest BCUT2D eigenvalue weighted by Gasteiger charge is -2.63.